The van der Waals surface area contributed by atoms with Crippen LogP contribution in [-0.4, -0.2) is 25.5 Å². The maximum atomic E-state index is 12.0. The number of ether oxygens (including phenoxy) is 2. The van der Waals surface area contributed by atoms with E-state index in [4.69, 9.17) is 15.2 Å². The van der Waals surface area contributed by atoms with Crippen LogP contribution in [0.5, 0.6) is 5.75 Å². The maximum Gasteiger partial charge on any atom is 0.246 e. The van der Waals surface area contributed by atoms with E-state index < -0.39 is 17.9 Å². The van der Waals surface area contributed by atoms with Crippen LogP contribution < -0.4 is 15.8 Å². The van der Waals surface area contributed by atoms with Gasteiger partial charge in [-0.05, 0) is 23.3 Å². The molecule has 0 aliphatic heterocycles. The van der Waals surface area contributed by atoms with Crippen LogP contribution in [0, 0.1) is 0 Å². The quantitative estimate of drug-likeness (QED) is 0.769. The van der Waals surface area contributed by atoms with Crippen molar-refractivity contribution in [2.24, 2.45) is 5.73 Å². The molecule has 3 N–H and O–H groups in total. The average molecular weight is 328 g/mol. The van der Waals surface area contributed by atoms with Crippen molar-refractivity contribution in [3.05, 3.63) is 65.7 Å². The van der Waals surface area contributed by atoms with Crippen molar-refractivity contribution in [1.29, 1.82) is 0 Å². The molecule has 0 saturated heterocycles. The summed E-state index contributed by atoms with van der Waals surface area (Å²) in [5, 5.41) is 2.58. The van der Waals surface area contributed by atoms with E-state index in [9.17, 15) is 9.59 Å². The average Bonchev–Trinajstić information content (AvgIpc) is 2.60. The number of rotatable bonds is 8. The first-order valence-electron chi connectivity index (χ1n) is 7.44. The van der Waals surface area contributed by atoms with Gasteiger partial charge < -0.3 is 20.5 Å². The Bertz CT molecular complexity index is 688. The molecule has 2 rings (SSSR count). The lowest BCUT2D eigenvalue weighted by atomic mass is 10.1. The molecular formula is C18H20N2O4. The van der Waals surface area contributed by atoms with Gasteiger partial charge >= 0.3 is 0 Å². The number of hydrogen-bond donors (Lipinski definition) is 2. The first-order chi connectivity index (χ1) is 11.6. The van der Waals surface area contributed by atoms with Gasteiger partial charge in [0.25, 0.3) is 0 Å². The largest absolute Gasteiger partial charge is 0.497 e. The van der Waals surface area contributed by atoms with Gasteiger partial charge in [-0.1, -0.05) is 42.5 Å². The lowest BCUT2D eigenvalue weighted by Gasteiger charge is -2.16. The minimum Gasteiger partial charge on any atom is -0.497 e. The third-order valence-corrected chi connectivity index (χ3v) is 3.36. The summed E-state index contributed by atoms with van der Waals surface area (Å²) in [7, 11) is 1.58. The van der Waals surface area contributed by atoms with Crippen LogP contribution in [0.15, 0.2) is 54.6 Å². The molecule has 126 valence electrons. The molecule has 2 amide bonds. The van der Waals surface area contributed by atoms with Crippen LogP contribution in [0.1, 0.15) is 17.2 Å². The molecule has 6 nitrogen and oxygen atoms in total. The molecular weight excluding hydrogens is 308 g/mol. The topological polar surface area (TPSA) is 90.7 Å². The Hall–Kier alpha value is -2.86. The summed E-state index contributed by atoms with van der Waals surface area (Å²) in [6, 6.07) is 15.3. The van der Waals surface area contributed by atoms with E-state index in [-0.39, 0.29) is 13.2 Å². The standard InChI is InChI=1S/C18H20N2O4/c1-23-15-9-5-6-13(10-15)11-24-12-16(21)20-17(18(19)22)14-7-3-2-4-8-14/h2-10,17H,11-12H2,1H3,(H2,19,22)(H,20,21). The van der Waals surface area contributed by atoms with Crippen molar-refractivity contribution < 1.29 is 19.1 Å². The zero-order chi connectivity index (χ0) is 17.4. The van der Waals surface area contributed by atoms with E-state index in [1.807, 2.05) is 30.3 Å². The molecule has 0 aliphatic carbocycles. The van der Waals surface area contributed by atoms with E-state index in [1.54, 1.807) is 31.4 Å². The zero-order valence-corrected chi connectivity index (χ0v) is 13.4. The van der Waals surface area contributed by atoms with Gasteiger partial charge in [0.1, 0.15) is 18.4 Å². The summed E-state index contributed by atoms with van der Waals surface area (Å²) in [5.41, 5.74) is 6.88. The van der Waals surface area contributed by atoms with Gasteiger partial charge in [-0.3, -0.25) is 9.59 Å². The second-order valence-corrected chi connectivity index (χ2v) is 5.16. The molecule has 0 aliphatic rings. The molecule has 1 atom stereocenters. The van der Waals surface area contributed by atoms with E-state index in [2.05, 4.69) is 5.32 Å². The molecule has 0 fully saturated rings. The minimum absolute atomic E-state index is 0.173. The highest BCUT2D eigenvalue weighted by Gasteiger charge is 2.19. The van der Waals surface area contributed by atoms with E-state index >= 15 is 0 Å². The fourth-order valence-corrected chi connectivity index (χ4v) is 2.19. The van der Waals surface area contributed by atoms with E-state index in [1.165, 1.54) is 0 Å². The molecule has 2 aromatic carbocycles. The number of primary amides is 1. The first-order valence-corrected chi connectivity index (χ1v) is 7.44. The van der Waals surface area contributed by atoms with Crippen molar-refractivity contribution in [3.8, 4) is 5.75 Å². The van der Waals surface area contributed by atoms with Crippen LogP contribution in [0.4, 0.5) is 0 Å². The Balaban J connectivity index is 1.86. The number of benzene rings is 2. The number of carbonyl (C=O) groups is 2. The Labute approximate surface area is 140 Å². The molecule has 24 heavy (non-hydrogen) atoms. The number of amides is 2. The second kappa shape index (κ2) is 8.69. The lowest BCUT2D eigenvalue weighted by Crippen LogP contribution is -2.39. The van der Waals surface area contributed by atoms with Gasteiger partial charge in [0.05, 0.1) is 13.7 Å². The van der Waals surface area contributed by atoms with Crippen molar-refractivity contribution in [1.82, 2.24) is 5.32 Å². The molecule has 0 aromatic heterocycles. The SMILES string of the molecule is COc1cccc(COCC(=O)NC(C(N)=O)c2ccccc2)c1. The van der Waals surface area contributed by atoms with Gasteiger partial charge in [-0.25, -0.2) is 0 Å². The smallest absolute Gasteiger partial charge is 0.246 e. The highest BCUT2D eigenvalue weighted by Crippen LogP contribution is 2.14. The third kappa shape index (κ3) is 5.10. The van der Waals surface area contributed by atoms with E-state index in [0.717, 1.165) is 11.3 Å². The fraction of sp³-hybridized carbons (Fsp3) is 0.222. The summed E-state index contributed by atoms with van der Waals surface area (Å²) in [6.07, 6.45) is 0. The Kier molecular flexibility index (Phi) is 6.33. The number of nitrogens with two attached hydrogens (primary N) is 1. The van der Waals surface area contributed by atoms with Gasteiger partial charge in [-0.2, -0.15) is 0 Å². The third-order valence-electron chi connectivity index (χ3n) is 3.36. The second-order valence-electron chi connectivity index (χ2n) is 5.16. The van der Waals surface area contributed by atoms with Crippen molar-refractivity contribution in [2.75, 3.05) is 13.7 Å². The number of hydrogen-bond acceptors (Lipinski definition) is 4. The van der Waals surface area contributed by atoms with Crippen LogP contribution in [0.3, 0.4) is 0 Å². The van der Waals surface area contributed by atoms with Crippen molar-refractivity contribution in [2.45, 2.75) is 12.6 Å². The molecule has 2 aromatic rings. The van der Waals surface area contributed by atoms with Crippen LogP contribution in [0.2, 0.25) is 0 Å². The van der Waals surface area contributed by atoms with Crippen LogP contribution in [0.25, 0.3) is 0 Å². The number of carbonyl (C=O) groups excluding carboxylic acids is 2. The fourth-order valence-electron chi connectivity index (χ4n) is 2.19. The van der Waals surface area contributed by atoms with Crippen molar-refractivity contribution in [3.63, 3.8) is 0 Å². The van der Waals surface area contributed by atoms with Crippen LogP contribution in [-0.2, 0) is 20.9 Å². The molecule has 0 heterocycles. The molecule has 6 heteroatoms. The van der Waals surface area contributed by atoms with Gasteiger partial charge in [0, 0.05) is 0 Å². The van der Waals surface area contributed by atoms with Gasteiger partial charge in [-0.15, -0.1) is 0 Å². The number of nitrogens with one attached hydrogen (secondary N) is 1. The highest BCUT2D eigenvalue weighted by atomic mass is 16.5. The summed E-state index contributed by atoms with van der Waals surface area (Å²) in [4.78, 5) is 23.5. The Morgan fingerprint density at radius 3 is 2.54 bits per heavy atom. The summed E-state index contributed by atoms with van der Waals surface area (Å²) in [6.45, 7) is 0.0883. The predicted octanol–water partition coefficient (Wildman–Crippen LogP) is 1.55. The predicted molar refractivity (Wildman–Crippen MR) is 89.2 cm³/mol. The first kappa shape index (κ1) is 17.5. The molecule has 0 spiro atoms. The van der Waals surface area contributed by atoms with Crippen LogP contribution >= 0.6 is 0 Å². The normalized spacial score (nSPS) is 11.5. The highest BCUT2D eigenvalue weighted by molar-refractivity contribution is 5.88. The van der Waals surface area contributed by atoms with E-state index in [0.29, 0.717) is 5.56 Å². The monoisotopic (exact) mass is 328 g/mol. The Morgan fingerprint density at radius 1 is 1.12 bits per heavy atom. The van der Waals surface area contributed by atoms with Gasteiger partial charge in [0.2, 0.25) is 11.8 Å². The summed E-state index contributed by atoms with van der Waals surface area (Å²) < 4.78 is 10.5. The zero-order valence-electron chi connectivity index (χ0n) is 13.4. The summed E-state index contributed by atoms with van der Waals surface area (Å²) in [5.74, 6) is -0.314. The lowest BCUT2D eigenvalue weighted by molar-refractivity contribution is -0.130. The molecule has 1 unspecified atom stereocenters. The summed E-state index contributed by atoms with van der Waals surface area (Å²) >= 11 is 0. The molecule has 0 bridgehead atoms. The van der Waals surface area contributed by atoms with Gasteiger partial charge in [0.15, 0.2) is 0 Å². The minimum atomic E-state index is -0.876. The van der Waals surface area contributed by atoms with Crippen molar-refractivity contribution >= 4 is 11.8 Å². The maximum absolute atomic E-state index is 12.0. The Morgan fingerprint density at radius 2 is 1.88 bits per heavy atom. The molecule has 0 saturated carbocycles. The number of methoxy groups -OCH3 is 1. The molecule has 0 radical (unpaired) electrons.